The van der Waals surface area contributed by atoms with Gasteiger partial charge in [-0.05, 0) is 42.0 Å². The van der Waals surface area contributed by atoms with E-state index in [1.807, 2.05) is 12.1 Å². The summed E-state index contributed by atoms with van der Waals surface area (Å²) < 4.78 is 12.7. The molecule has 0 amide bonds. The molecule has 0 aliphatic heterocycles. The fourth-order valence-electron chi connectivity index (χ4n) is 1.38. The molecule has 2 aromatic rings. The molecule has 0 aliphatic carbocycles. The molecule has 2 rings (SSSR count). The van der Waals surface area contributed by atoms with Crippen molar-refractivity contribution in [2.24, 2.45) is 5.73 Å². The van der Waals surface area contributed by atoms with Gasteiger partial charge in [0.25, 0.3) is 0 Å². The van der Waals surface area contributed by atoms with Gasteiger partial charge in [-0.2, -0.15) is 0 Å². The van der Waals surface area contributed by atoms with Gasteiger partial charge in [0.1, 0.15) is 5.82 Å². The molecule has 0 spiro atoms. The van der Waals surface area contributed by atoms with Gasteiger partial charge in [0.15, 0.2) is 0 Å². The summed E-state index contributed by atoms with van der Waals surface area (Å²) in [6.45, 7) is 0.483. The van der Waals surface area contributed by atoms with Crippen LogP contribution in [0, 0.1) is 5.82 Å². The Morgan fingerprint density at radius 1 is 1.13 bits per heavy atom. The van der Waals surface area contributed by atoms with Gasteiger partial charge in [0.05, 0.1) is 5.69 Å². The minimum atomic E-state index is -0.242. The minimum Gasteiger partial charge on any atom is -0.326 e. The molecule has 76 valence electrons. The second kappa shape index (κ2) is 4.19. The Hall–Kier alpha value is -1.74. The fraction of sp³-hybridized carbons (Fsp3) is 0.0833. The SMILES string of the molecule is NCc1ccnc(-c2ccc(F)cc2)c1. The number of aromatic nitrogens is 1. The molecule has 0 atom stereocenters. The Bertz CT molecular complexity index is 451. The first-order chi connectivity index (χ1) is 7.29. The number of nitrogens with two attached hydrogens (primary N) is 1. The van der Waals surface area contributed by atoms with Crippen molar-refractivity contribution in [3.63, 3.8) is 0 Å². The van der Waals surface area contributed by atoms with E-state index in [1.165, 1.54) is 12.1 Å². The van der Waals surface area contributed by atoms with E-state index in [9.17, 15) is 4.39 Å². The largest absolute Gasteiger partial charge is 0.326 e. The molecule has 2 N–H and O–H groups in total. The fourth-order valence-corrected chi connectivity index (χ4v) is 1.38. The predicted molar refractivity (Wildman–Crippen MR) is 57.5 cm³/mol. The highest BCUT2D eigenvalue weighted by molar-refractivity contribution is 5.59. The van der Waals surface area contributed by atoms with E-state index in [1.54, 1.807) is 18.3 Å². The van der Waals surface area contributed by atoms with Crippen LogP contribution < -0.4 is 5.73 Å². The van der Waals surface area contributed by atoms with Gasteiger partial charge in [-0.25, -0.2) is 4.39 Å². The third-order valence-electron chi connectivity index (χ3n) is 2.20. The molecule has 0 aliphatic rings. The summed E-state index contributed by atoms with van der Waals surface area (Å²) in [7, 11) is 0. The number of nitrogens with zero attached hydrogens (tertiary/aromatic N) is 1. The molecule has 2 nitrogen and oxygen atoms in total. The molecular formula is C12H11FN2. The van der Waals surface area contributed by atoms with Crippen LogP contribution in [0.2, 0.25) is 0 Å². The highest BCUT2D eigenvalue weighted by Crippen LogP contribution is 2.17. The third-order valence-corrected chi connectivity index (χ3v) is 2.20. The lowest BCUT2D eigenvalue weighted by Crippen LogP contribution is -1.96. The van der Waals surface area contributed by atoms with Crippen molar-refractivity contribution in [3.8, 4) is 11.3 Å². The van der Waals surface area contributed by atoms with E-state index in [0.29, 0.717) is 6.54 Å². The van der Waals surface area contributed by atoms with Crippen LogP contribution in [0.4, 0.5) is 4.39 Å². The average molecular weight is 202 g/mol. The summed E-state index contributed by atoms with van der Waals surface area (Å²) in [5, 5.41) is 0. The van der Waals surface area contributed by atoms with E-state index in [-0.39, 0.29) is 5.82 Å². The standard InChI is InChI=1S/C12H11FN2/c13-11-3-1-10(2-4-11)12-7-9(8-14)5-6-15-12/h1-7H,8,14H2. The van der Waals surface area contributed by atoms with Crippen LogP contribution in [0.25, 0.3) is 11.3 Å². The first-order valence-electron chi connectivity index (χ1n) is 4.70. The van der Waals surface area contributed by atoms with E-state index in [2.05, 4.69) is 4.98 Å². The maximum Gasteiger partial charge on any atom is 0.123 e. The van der Waals surface area contributed by atoms with Crippen LogP contribution in [0.3, 0.4) is 0 Å². The molecule has 15 heavy (non-hydrogen) atoms. The van der Waals surface area contributed by atoms with Crippen LogP contribution >= 0.6 is 0 Å². The summed E-state index contributed by atoms with van der Waals surface area (Å²) in [4.78, 5) is 4.21. The van der Waals surface area contributed by atoms with Gasteiger partial charge in [0.2, 0.25) is 0 Å². The first kappa shape index (κ1) is 9.80. The molecule has 0 unspecified atom stereocenters. The molecule has 1 aromatic heterocycles. The number of rotatable bonds is 2. The lowest BCUT2D eigenvalue weighted by molar-refractivity contribution is 0.628. The molecule has 1 heterocycles. The summed E-state index contributed by atoms with van der Waals surface area (Å²) >= 11 is 0. The van der Waals surface area contributed by atoms with Crippen LogP contribution in [0.1, 0.15) is 5.56 Å². The van der Waals surface area contributed by atoms with Crippen LogP contribution in [0.5, 0.6) is 0 Å². The molecule has 0 bridgehead atoms. The molecule has 3 heteroatoms. The summed E-state index contributed by atoms with van der Waals surface area (Å²) in [5.41, 5.74) is 8.26. The molecule has 0 saturated carbocycles. The number of halogens is 1. The van der Waals surface area contributed by atoms with Crippen LogP contribution in [0.15, 0.2) is 42.6 Å². The smallest absolute Gasteiger partial charge is 0.123 e. The van der Waals surface area contributed by atoms with E-state index >= 15 is 0 Å². The minimum absolute atomic E-state index is 0.242. The topological polar surface area (TPSA) is 38.9 Å². The maximum atomic E-state index is 12.7. The summed E-state index contributed by atoms with van der Waals surface area (Å²) in [5.74, 6) is -0.242. The van der Waals surface area contributed by atoms with Crippen molar-refractivity contribution in [1.82, 2.24) is 4.98 Å². The molecule has 0 radical (unpaired) electrons. The Labute approximate surface area is 87.6 Å². The lowest BCUT2D eigenvalue weighted by atomic mass is 10.1. The second-order valence-electron chi connectivity index (χ2n) is 3.26. The molecule has 1 aromatic carbocycles. The Kier molecular flexibility index (Phi) is 2.74. The van der Waals surface area contributed by atoms with Crippen molar-refractivity contribution >= 4 is 0 Å². The van der Waals surface area contributed by atoms with Crippen molar-refractivity contribution in [2.45, 2.75) is 6.54 Å². The Morgan fingerprint density at radius 3 is 2.53 bits per heavy atom. The normalized spacial score (nSPS) is 10.3. The highest BCUT2D eigenvalue weighted by Gasteiger charge is 2.00. The molecular weight excluding hydrogens is 191 g/mol. The summed E-state index contributed by atoms with van der Waals surface area (Å²) in [6, 6.07) is 10.0. The Morgan fingerprint density at radius 2 is 1.87 bits per heavy atom. The van der Waals surface area contributed by atoms with Gasteiger partial charge < -0.3 is 5.73 Å². The Balaban J connectivity index is 2.40. The van der Waals surface area contributed by atoms with E-state index in [4.69, 9.17) is 5.73 Å². The number of pyridine rings is 1. The van der Waals surface area contributed by atoms with Gasteiger partial charge in [-0.1, -0.05) is 0 Å². The van der Waals surface area contributed by atoms with Crippen LogP contribution in [-0.4, -0.2) is 4.98 Å². The van der Waals surface area contributed by atoms with Crippen molar-refractivity contribution < 1.29 is 4.39 Å². The third kappa shape index (κ3) is 2.19. The number of benzene rings is 1. The quantitative estimate of drug-likeness (QED) is 0.811. The van der Waals surface area contributed by atoms with Gasteiger partial charge in [0, 0.05) is 18.3 Å². The highest BCUT2D eigenvalue weighted by atomic mass is 19.1. The van der Waals surface area contributed by atoms with Crippen molar-refractivity contribution in [2.75, 3.05) is 0 Å². The van der Waals surface area contributed by atoms with Crippen LogP contribution in [-0.2, 0) is 6.54 Å². The van der Waals surface area contributed by atoms with Gasteiger partial charge in [-0.15, -0.1) is 0 Å². The van der Waals surface area contributed by atoms with Gasteiger partial charge in [-0.3, -0.25) is 4.98 Å². The molecule has 0 saturated heterocycles. The van der Waals surface area contributed by atoms with E-state index in [0.717, 1.165) is 16.8 Å². The monoisotopic (exact) mass is 202 g/mol. The first-order valence-corrected chi connectivity index (χ1v) is 4.70. The van der Waals surface area contributed by atoms with E-state index < -0.39 is 0 Å². The average Bonchev–Trinajstić information content (AvgIpc) is 2.30. The van der Waals surface area contributed by atoms with Crippen molar-refractivity contribution in [1.29, 1.82) is 0 Å². The zero-order chi connectivity index (χ0) is 10.7. The summed E-state index contributed by atoms with van der Waals surface area (Å²) in [6.07, 6.45) is 1.71. The maximum absolute atomic E-state index is 12.7. The predicted octanol–water partition coefficient (Wildman–Crippen LogP) is 2.35. The zero-order valence-electron chi connectivity index (χ0n) is 8.15. The number of hydrogen-bond acceptors (Lipinski definition) is 2. The number of hydrogen-bond donors (Lipinski definition) is 1. The zero-order valence-corrected chi connectivity index (χ0v) is 8.15. The molecule has 0 fully saturated rings. The lowest BCUT2D eigenvalue weighted by Gasteiger charge is -2.02. The second-order valence-corrected chi connectivity index (χ2v) is 3.26. The van der Waals surface area contributed by atoms with Gasteiger partial charge >= 0.3 is 0 Å². The van der Waals surface area contributed by atoms with Crippen molar-refractivity contribution in [3.05, 3.63) is 54.0 Å².